The second-order valence-corrected chi connectivity index (χ2v) is 7.09. The van der Waals surface area contributed by atoms with Crippen LogP contribution in [-0.2, 0) is 4.79 Å². The Bertz CT molecular complexity index is 1000. The highest BCUT2D eigenvalue weighted by molar-refractivity contribution is 7.22. The number of rotatable bonds is 4. The summed E-state index contributed by atoms with van der Waals surface area (Å²) in [6.07, 6.45) is 0. The van der Waals surface area contributed by atoms with Crippen molar-refractivity contribution in [3.05, 3.63) is 48.0 Å². The van der Waals surface area contributed by atoms with Gasteiger partial charge >= 0.3 is 0 Å². The molecule has 1 saturated heterocycles. The van der Waals surface area contributed by atoms with Crippen LogP contribution in [0, 0.1) is 17.2 Å². The molecule has 7 heteroatoms. The number of thiazole rings is 1. The molecule has 1 fully saturated rings. The zero-order valence-electron chi connectivity index (χ0n) is 14.1. The molecule has 1 aliphatic rings. The maximum Gasteiger partial charge on any atom is 0.231 e. The minimum Gasteiger partial charge on any atom is -0.494 e. The number of hydrogen-bond donors (Lipinski definition) is 1. The molecule has 0 bridgehead atoms. The first kappa shape index (κ1) is 16.4. The van der Waals surface area contributed by atoms with Crippen molar-refractivity contribution in [3.63, 3.8) is 0 Å². The van der Waals surface area contributed by atoms with E-state index in [-0.39, 0.29) is 11.8 Å². The summed E-state index contributed by atoms with van der Waals surface area (Å²) in [6.45, 7) is 1.29. The van der Waals surface area contributed by atoms with Crippen molar-refractivity contribution >= 4 is 38.3 Å². The Morgan fingerprint density at radius 2 is 2.08 bits per heavy atom. The van der Waals surface area contributed by atoms with E-state index in [1.54, 1.807) is 42.7 Å². The fourth-order valence-corrected chi connectivity index (χ4v) is 3.89. The molecule has 0 spiro atoms. The Hall–Kier alpha value is -3.11. The van der Waals surface area contributed by atoms with Crippen LogP contribution in [0.1, 0.15) is 5.56 Å². The smallest absolute Gasteiger partial charge is 0.231 e. The SMILES string of the molecule is COc1cccc2sc(N3CC(C(=O)Nc4ccc(C#N)cc4)C3)nc12. The molecule has 0 unspecified atom stereocenters. The first-order valence-electron chi connectivity index (χ1n) is 8.17. The number of benzene rings is 2. The lowest BCUT2D eigenvalue weighted by Gasteiger charge is -2.37. The number of methoxy groups -OCH3 is 1. The van der Waals surface area contributed by atoms with Crippen molar-refractivity contribution in [1.29, 1.82) is 5.26 Å². The number of ether oxygens (including phenoxy) is 1. The molecule has 26 heavy (non-hydrogen) atoms. The first-order valence-corrected chi connectivity index (χ1v) is 8.99. The first-order chi connectivity index (χ1) is 12.7. The standard InChI is InChI=1S/C19H16N4O2S/c1-25-15-3-2-4-16-17(15)22-19(26-16)23-10-13(11-23)18(24)21-14-7-5-12(9-20)6-8-14/h2-8,13H,10-11H2,1H3,(H,21,24). The lowest BCUT2D eigenvalue weighted by molar-refractivity contribution is -0.120. The zero-order chi connectivity index (χ0) is 18.1. The van der Waals surface area contributed by atoms with E-state index in [0.29, 0.717) is 24.3 Å². The number of anilines is 2. The molecule has 0 saturated carbocycles. The maximum atomic E-state index is 12.4. The molecule has 130 valence electrons. The van der Waals surface area contributed by atoms with Gasteiger partial charge in [-0.25, -0.2) is 4.98 Å². The minimum atomic E-state index is -0.0699. The number of carbonyl (C=O) groups excluding carboxylic acids is 1. The summed E-state index contributed by atoms with van der Waals surface area (Å²) < 4.78 is 6.43. The van der Waals surface area contributed by atoms with E-state index in [4.69, 9.17) is 10.00 Å². The highest BCUT2D eigenvalue weighted by atomic mass is 32.1. The second kappa shape index (κ2) is 6.65. The molecule has 1 aliphatic heterocycles. The van der Waals surface area contributed by atoms with Crippen LogP contribution in [-0.4, -0.2) is 31.1 Å². The number of para-hydroxylation sites is 1. The second-order valence-electron chi connectivity index (χ2n) is 6.08. The Morgan fingerprint density at radius 1 is 1.31 bits per heavy atom. The predicted molar refractivity (Wildman–Crippen MR) is 102 cm³/mol. The van der Waals surface area contributed by atoms with E-state index in [0.717, 1.165) is 21.1 Å². The van der Waals surface area contributed by atoms with Crippen LogP contribution >= 0.6 is 11.3 Å². The number of nitrogens with zero attached hydrogens (tertiary/aromatic N) is 3. The quantitative estimate of drug-likeness (QED) is 0.769. The average Bonchev–Trinajstić information content (AvgIpc) is 3.04. The Balaban J connectivity index is 1.40. The monoisotopic (exact) mass is 364 g/mol. The van der Waals surface area contributed by atoms with Crippen LogP contribution in [0.5, 0.6) is 5.75 Å². The Kier molecular flexibility index (Phi) is 4.19. The van der Waals surface area contributed by atoms with Gasteiger partial charge in [0, 0.05) is 18.8 Å². The molecular weight excluding hydrogens is 348 g/mol. The molecule has 6 nitrogen and oxygen atoms in total. The molecule has 0 aliphatic carbocycles. The summed E-state index contributed by atoms with van der Waals surface area (Å²) in [7, 11) is 1.64. The molecule has 1 N–H and O–H groups in total. The number of aromatic nitrogens is 1. The normalized spacial score (nSPS) is 13.9. The van der Waals surface area contributed by atoms with E-state index >= 15 is 0 Å². The maximum absolute atomic E-state index is 12.4. The van der Waals surface area contributed by atoms with Gasteiger partial charge < -0.3 is 15.0 Å². The average molecular weight is 364 g/mol. The molecule has 4 rings (SSSR count). The van der Waals surface area contributed by atoms with Crippen molar-refractivity contribution in [2.24, 2.45) is 5.92 Å². The van der Waals surface area contributed by atoms with Crippen LogP contribution in [0.2, 0.25) is 0 Å². The molecule has 1 aromatic heterocycles. The van der Waals surface area contributed by atoms with E-state index in [9.17, 15) is 4.79 Å². The fourth-order valence-electron chi connectivity index (χ4n) is 2.88. The van der Waals surface area contributed by atoms with Crippen molar-refractivity contribution in [2.75, 3.05) is 30.4 Å². The largest absolute Gasteiger partial charge is 0.494 e. The summed E-state index contributed by atoms with van der Waals surface area (Å²) in [6, 6.07) is 14.8. The molecular formula is C19H16N4O2S. The van der Waals surface area contributed by atoms with Crippen LogP contribution in [0.4, 0.5) is 10.8 Å². The third kappa shape index (κ3) is 2.95. The van der Waals surface area contributed by atoms with Gasteiger partial charge in [-0.3, -0.25) is 4.79 Å². The molecule has 0 radical (unpaired) electrons. The van der Waals surface area contributed by atoms with Gasteiger partial charge in [-0.05, 0) is 36.4 Å². The van der Waals surface area contributed by atoms with Gasteiger partial charge in [-0.15, -0.1) is 0 Å². The Morgan fingerprint density at radius 3 is 2.77 bits per heavy atom. The van der Waals surface area contributed by atoms with Crippen molar-refractivity contribution in [3.8, 4) is 11.8 Å². The predicted octanol–water partition coefficient (Wildman–Crippen LogP) is 3.25. The molecule has 3 aromatic rings. The van der Waals surface area contributed by atoms with Crippen molar-refractivity contribution < 1.29 is 9.53 Å². The van der Waals surface area contributed by atoms with Crippen LogP contribution < -0.4 is 15.0 Å². The summed E-state index contributed by atoms with van der Waals surface area (Å²) in [5, 5.41) is 12.6. The van der Waals surface area contributed by atoms with Crippen LogP contribution in [0.15, 0.2) is 42.5 Å². The van der Waals surface area contributed by atoms with E-state index in [1.165, 1.54) is 0 Å². The summed E-state index contributed by atoms with van der Waals surface area (Å²) in [5.74, 6) is 0.685. The van der Waals surface area contributed by atoms with E-state index < -0.39 is 0 Å². The van der Waals surface area contributed by atoms with Gasteiger partial charge in [0.25, 0.3) is 0 Å². The number of nitriles is 1. The molecule has 2 heterocycles. The van der Waals surface area contributed by atoms with E-state index in [1.807, 2.05) is 18.2 Å². The number of nitrogens with one attached hydrogen (secondary N) is 1. The van der Waals surface area contributed by atoms with Crippen molar-refractivity contribution in [2.45, 2.75) is 0 Å². The van der Waals surface area contributed by atoms with Gasteiger partial charge in [-0.2, -0.15) is 5.26 Å². The number of fused-ring (bicyclic) bond motifs is 1. The van der Waals surface area contributed by atoms with Gasteiger partial charge in [0.1, 0.15) is 11.3 Å². The molecule has 2 aromatic carbocycles. The molecule has 0 atom stereocenters. The number of amides is 1. The fraction of sp³-hybridized carbons (Fsp3) is 0.211. The van der Waals surface area contributed by atoms with Gasteiger partial charge in [0.05, 0.1) is 29.4 Å². The van der Waals surface area contributed by atoms with Crippen LogP contribution in [0.25, 0.3) is 10.2 Å². The lowest BCUT2D eigenvalue weighted by Crippen LogP contribution is -2.52. The third-order valence-electron chi connectivity index (χ3n) is 4.39. The summed E-state index contributed by atoms with van der Waals surface area (Å²) >= 11 is 1.61. The third-order valence-corrected chi connectivity index (χ3v) is 5.48. The van der Waals surface area contributed by atoms with Crippen molar-refractivity contribution in [1.82, 2.24) is 4.98 Å². The highest BCUT2D eigenvalue weighted by Crippen LogP contribution is 2.36. The highest BCUT2D eigenvalue weighted by Gasteiger charge is 2.34. The van der Waals surface area contributed by atoms with Crippen LogP contribution in [0.3, 0.4) is 0 Å². The van der Waals surface area contributed by atoms with Gasteiger partial charge in [-0.1, -0.05) is 17.4 Å². The van der Waals surface area contributed by atoms with E-state index in [2.05, 4.69) is 21.3 Å². The lowest BCUT2D eigenvalue weighted by atomic mass is 10.00. The minimum absolute atomic E-state index is 0.00958. The Labute approximate surface area is 154 Å². The molecule has 1 amide bonds. The number of carbonyl (C=O) groups is 1. The zero-order valence-corrected chi connectivity index (χ0v) is 14.9. The summed E-state index contributed by atoms with van der Waals surface area (Å²) in [4.78, 5) is 19.1. The number of hydrogen-bond acceptors (Lipinski definition) is 6. The summed E-state index contributed by atoms with van der Waals surface area (Å²) in [5.41, 5.74) is 2.14. The van der Waals surface area contributed by atoms with Gasteiger partial charge in [0.15, 0.2) is 5.13 Å². The topological polar surface area (TPSA) is 78.2 Å². The van der Waals surface area contributed by atoms with Gasteiger partial charge in [0.2, 0.25) is 5.91 Å².